The summed E-state index contributed by atoms with van der Waals surface area (Å²) in [6, 6.07) is 18.3. The van der Waals surface area contributed by atoms with Crippen molar-refractivity contribution < 1.29 is 22.7 Å². The van der Waals surface area contributed by atoms with E-state index in [-0.39, 0.29) is 10.5 Å². The molecule has 0 spiro atoms. The average Bonchev–Trinajstić information content (AvgIpc) is 2.78. The molecule has 0 heterocycles. The second-order valence-corrected chi connectivity index (χ2v) is 9.40. The van der Waals surface area contributed by atoms with Gasteiger partial charge in [0, 0.05) is 12.1 Å². The van der Waals surface area contributed by atoms with Crippen LogP contribution in [0, 0.1) is 0 Å². The molecule has 0 aliphatic heterocycles. The summed E-state index contributed by atoms with van der Waals surface area (Å²) in [6.45, 7) is -0.566. The van der Waals surface area contributed by atoms with Gasteiger partial charge in [-0.05, 0) is 48.5 Å². The third-order valence-electron chi connectivity index (χ3n) is 4.38. The maximum absolute atomic E-state index is 13.0. The van der Waals surface area contributed by atoms with Crippen molar-refractivity contribution in [1.29, 1.82) is 0 Å². The minimum Gasteiger partial charge on any atom is -0.452 e. The van der Waals surface area contributed by atoms with Gasteiger partial charge in [-0.15, -0.1) is 0 Å². The van der Waals surface area contributed by atoms with Gasteiger partial charge in [-0.25, -0.2) is 13.2 Å². The van der Waals surface area contributed by atoms with E-state index in [9.17, 15) is 18.0 Å². The monoisotopic (exact) mass is 492 g/mol. The van der Waals surface area contributed by atoms with Crippen molar-refractivity contribution in [2.75, 3.05) is 23.3 Å². The number of anilines is 2. The molecule has 0 aromatic heterocycles. The van der Waals surface area contributed by atoms with E-state index in [2.05, 4.69) is 5.32 Å². The van der Waals surface area contributed by atoms with Crippen molar-refractivity contribution >= 4 is 56.5 Å². The van der Waals surface area contributed by atoms with Crippen LogP contribution in [0.2, 0.25) is 10.0 Å². The number of carbonyl (C=O) groups excluding carboxylic acids is 2. The number of hydrogen-bond donors (Lipinski definition) is 1. The number of nitrogens with zero attached hydrogens (tertiary/aromatic N) is 1. The fraction of sp³-hybridized carbons (Fsp3) is 0.0909. The molecule has 0 bridgehead atoms. The van der Waals surface area contributed by atoms with Crippen LogP contribution in [0.1, 0.15) is 10.4 Å². The van der Waals surface area contributed by atoms with Crippen molar-refractivity contribution in [1.82, 2.24) is 0 Å². The van der Waals surface area contributed by atoms with Crippen LogP contribution in [-0.4, -0.2) is 33.9 Å². The fourth-order valence-corrected chi connectivity index (χ4v) is 4.32. The number of rotatable bonds is 7. The minimum atomic E-state index is -3.97. The number of esters is 1. The number of nitrogens with one attached hydrogen (secondary N) is 1. The third-order valence-corrected chi connectivity index (χ3v) is 6.73. The molecule has 3 aromatic carbocycles. The Hall–Kier alpha value is -3.07. The lowest BCUT2D eigenvalue weighted by molar-refractivity contribution is -0.119. The molecule has 0 fully saturated rings. The first-order valence-electron chi connectivity index (χ1n) is 9.24. The van der Waals surface area contributed by atoms with Crippen LogP contribution in [0.15, 0.2) is 77.7 Å². The van der Waals surface area contributed by atoms with Crippen LogP contribution in [-0.2, 0) is 19.6 Å². The molecule has 0 unspecified atom stereocenters. The minimum absolute atomic E-state index is 0.0175. The summed E-state index contributed by atoms with van der Waals surface area (Å²) in [6.07, 6.45) is 0. The number of amides is 1. The lowest BCUT2D eigenvalue weighted by Gasteiger charge is -2.20. The van der Waals surface area contributed by atoms with Crippen molar-refractivity contribution in [3.8, 4) is 0 Å². The van der Waals surface area contributed by atoms with Crippen molar-refractivity contribution in [3.05, 3.63) is 88.4 Å². The molecule has 0 atom stereocenters. The van der Waals surface area contributed by atoms with E-state index in [1.165, 1.54) is 37.4 Å². The van der Waals surface area contributed by atoms with Gasteiger partial charge >= 0.3 is 5.97 Å². The highest BCUT2D eigenvalue weighted by atomic mass is 35.5. The Labute approximate surface area is 195 Å². The van der Waals surface area contributed by atoms with E-state index < -0.39 is 28.5 Å². The Balaban J connectivity index is 1.70. The number of benzene rings is 3. The normalized spacial score (nSPS) is 11.0. The molecule has 10 heteroatoms. The Kier molecular flexibility index (Phi) is 7.40. The number of hydrogen-bond acceptors (Lipinski definition) is 5. The van der Waals surface area contributed by atoms with E-state index in [0.717, 1.165) is 4.31 Å². The predicted molar refractivity (Wildman–Crippen MR) is 124 cm³/mol. The molecule has 1 N–H and O–H groups in total. The molecular formula is C22H18Cl2N2O5S. The van der Waals surface area contributed by atoms with Gasteiger partial charge in [0.1, 0.15) is 0 Å². The second kappa shape index (κ2) is 10.0. The zero-order chi connectivity index (χ0) is 23.3. The maximum atomic E-state index is 13.0. The standard InChI is InChI=1S/C22H18Cl2N2O5S/c1-26(17-8-5-7-16(23)13-17)32(29,30)18-9-4-6-15(12-18)22(28)31-14-21(27)25-20-11-3-2-10-19(20)24/h2-13H,14H2,1H3,(H,25,27). The smallest absolute Gasteiger partial charge is 0.338 e. The van der Waals surface area contributed by atoms with Crippen molar-refractivity contribution in [2.45, 2.75) is 4.90 Å². The highest BCUT2D eigenvalue weighted by Crippen LogP contribution is 2.25. The Morgan fingerprint density at radius 2 is 1.69 bits per heavy atom. The summed E-state index contributed by atoms with van der Waals surface area (Å²) in [4.78, 5) is 24.3. The van der Waals surface area contributed by atoms with E-state index in [4.69, 9.17) is 27.9 Å². The number of halogens is 2. The predicted octanol–water partition coefficient (Wildman–Crippen LogP) is 4.61. The largest absolute Gasteiger partial charge is 0.452 e. The molecule has 166 valence electrons. The highest BCUT2D eigenvalue weighted by Gasteiger charge is 2.23. The molecule has 0 radical (unpaired) electrons. The van der Waals surface area contributed by atoms with Gasteiger partial charge in [0.15, 0.2) is 6.61 Å². The molecule has 0 saturated carbocycles. The Bertz CT molecular complexity index is 1260. The van der Waals surface area contributed by atoms with Gasteiger partial charge in [0.25, 0.3) is 15.9 Å². The number of ether oxygens (including phenoxy) is 1. The van der Waals surface area contributed by atoms with E-state index in [1.807, 2.05) is 0 Å². The van der Waals surface area contributed by atoms with Gasteiger partial charge in [0.2, 0.25) is 0 Å². The van der Waals surface area contributed by atoms with E-state index in [0.29, 0.717) is 21.4 Å². The number of carbonyl (C=O) groups is 2. The second-order valence-electron chi connectivity index (χ2n) is 6.58. The first kappa shape index (κ1) is 23.6. The first-order chi connectivity index (χ1) is 15.2. The summed E-state index contributed by atoms with van der Waals surface area (Å²) in [5.41, 5.74) is 0.727. The molecule has 0 saturated heterocycles. The molecular weight excluding hydrogens is 475 g/mol. The summed E-state index contributed by atoms with van der Waals surface area (Å²) in [5, 5.41) is 3.26. The summed E-state index contributed by atoms with van der Waals surface area (Å²) in [7, 11) is -2.59. The fourth-order valence-electron chi connectivity index (χ4n) is 2.72. The molecule has 32 heavy (non-hydrogen) atoms. The number of para-hydroxylation sites is 1. The van der Waals surface area contributed by atoms with Crippen LogP contribution in [0.4, 0.5) is 11.4 Å². The summed E-state index contributed by atoms with van der Waals surface area (Å²) >= 11 is 11.9. The topological polar surface area (TPSA) is 92.8 Å². The molecule has 7 nitrogen and oxygen atoms in total. The SMILES string of the molecule is CN(c1cccc(Cl)c1)S(=O)(=O)c1cccc(C(=O)OCC(=O)Nc2ccccc2Cl)c1. The maximum Gasteiger partial charge on any atom is 0.338 e. The van der Waals surface area contributed by atoms with Crippen LogP contribution in [0.25, 0.3) is 0 Å². The van der Waals surface area contributed by atoms with Crippen LogP contribution < -0.4 is 9.62 Å². The quantitative estimate of drug-likeness (QED) is 0.485. The number of sulfonamides is 1. The van der Waals surface area contributed by atoms with Crippen molar-refractivity contribution in [2.24, 2.45) is 0 Å². The van der Waals surface area contributed by atoms with E-state index >= 15 is 0 Å². The van der Waals surface area contributed by atoms with Gasteiger partial charge in [-0.1, -0.05) is 47.5 Å². The lowest BCUT2D eigenvalue weighted by atomic mass is 10.2. The summed E-state index contributed by atoms with van der Waals surface area (Å²) in [5.74, 6) is -1.43. The Morgan fingerprint density at radius 1 is 0.969 bits per heavy atom. The molecule has 3 rings (SSSR count). The third kappa shape index (κ3) is 5.59. The molecule has 0 aliphatic carbocycles. The van der Waals surface area contributed by atoms with Crippen LogP contribution in [0.5, 0.6) is 0 Å². The zero-order valence-corrected chi connectivity index (χ0v) is 19.1. The lowest BCUT2D eigenvalue weighted by Crippen LogP contribution is -2.27. The summed E-state index contributed by atoms with van der Waals surface area (Å²) < 4.78 is 32.0. The van der Waals surface area contributed by atoms with Gasteiger partial charge in [-0.3, -0.25) is 9.10 Å². The molecule has 3 aromatic rings. The molecule has 0 aliphatic rings. The van der Waals surface area contributed by atoms with Crippen LogP contribution in [0.3, 0.4) is 0 Å². The zero-order valence-electron chi connectivity index (χ0n) is 16.8. The van der Waals surface area contributed by atoms with Crippen LogP contribution >= 0.6 is 23.2 Å². The van der Waals surface area contributed by atoms with Gasteiger partial charge in [0.05, 0.1) is 26.9 Å². The first-order valence-corrected chi connectivity index (χ1v) is 11.4. The Morgan fingerprint density at radius 3 is 2.41 bits per heavy atom. The average molecular weight is 493 g/mol. The van der Waals surface area contributed by atoms with Crippen molar-refractivity contribution in [3.63, 3.8) is 0 Å². The van der Waals surface area contributed by atoms with E-state index in [1.54, 1.807) is 42.5 Å². The highest BCUT2D eigenvalue weighted by molar-refractivity contribution is 7.92. The van der Waals surface area contributed by atoms with Gasteiger partial charge < -0.3 is 10.1 Å². The van der Waals surface area contributed by atoms with Gasteiger partial charge in [-0.2, -0.15) is 0 Å². The molecule has 1 amide bonds.